The Bertz CT molecular complexity index is 1260. The molecule has 1 amide bonds. The van der Waals surface area contributed by atoms with E-state index in [1.165, 1.54) is 23.1 Å². The Morgan fingerprint density at radius 3 is 2.35 bits per heavy atom. The summed E-state index contributed by atoms with van der Waals surface area (Å²) in [5, 5.41) is 11.3. The normalized spacial score (nSPS) is 11.4. The maximum atomic E-state index is 13.2. The molecule has 0 unspecified atom stereocenters. The molecule has 184 valence electrons. The number of hydrogen-bond acceptors (Lipinski definition) is 8. The van der Waals surface area contributed by atoms with Crippen molar-refractivity contribution in [2.75, 3.05) is 36.8 Å². The van der Waals surface area contributed by atoms with E-state index in [4.69, 9.17) is 0 Å². The minimum atomic E-state index is -4.01. The van der Waals surface area contributed by atoms with Crippen LogP contribution in [-0.2, 0) is 14.6 Å². The number of halogens is 2. The van der Waals surface area contributed by atoms with Gasteiger partial charge in [-0.25, -0.2) is 17.8 Å². The lowest BCUT2D eigenvalue weighted by Gasteiger charge is -2.24. The molecule has 0 fully saturated rings. The summed E-state index contributed by atoms with van der Waals surface area (Å²) < 4.78 is 39.2. The maximum absolute atomic E-state index is 13.2. The zero-order valence-corrected chi connectivity index (χ0v) is 21.0. The molecule has 9 nitrogen and oxygen atoms in total. The third-order valence-electron chi connectivity index (χ3n) is 5.12. The van der Waals surface area contributed by atoms with E-state index in [1.807, 2.05) is 13.8 Å². The first-order valence-electron chi connectivity index (χ1n) is 10.2. The van der Waals surface area contributed by atoms with Crippen LogP contribution in [0.25, 0.3) is 10.2 Å². The first-order chi connectivity index (χ1) is 15.6. The van der Waals surface area contributed by atoms with Crippen LogP contribution in [0.1, 0.15) is 13.8 Å². The summed E-state index contributed by atoms with van der Waals surface area (Å²) in [5.41, 5.74) is 0.375. The van der Waals surface area contributed by atoms with Crippen molar-refractivity contribution in [3.63, 3.8) is 0 Å². The Kier molecular flexibility index (Phi) is 9.45. The molecule has 0 saturated heterocycles. The molecule has 0 aliphatic carbocycles. The lowest BCUT2D eigenvalue weighted by atomic mass is 10.3. The van der Waals surface area contributed by atoms with Gasteiger partial charge in [0.05, 0.1) is 20.0 Å². The number of anilines is 1. The summed E-state index contributed by atoms with van der Waals surface area (Å²) in [6.45, 7) is 6.14. The number of fused-ring (bicyclic) bond motifs is 1. The molecule has 0 spiro atoms. The van der Waals surface area contributed by atoms with Gasteiger partial charge in [-0.2, -0.15) is 0 Å². The number of sulfone groups is 1. The fraction of sp³-hybridized carbons (Fsp3) is 0.333. The molecule has 0 atom stereocenters. The van der Waals surface area contributed by atoms with Gasteiger partial charge in [-0.3, -0.25) is 19.8 Å². The SMILES string of the molecule is CCN(CC)CCN(C(=O)CS(=O)(=O)c1ccc(F)cc1)c1nc2ccc([N+](=O)[O-])cc2s1.Cl. The van der Waals surface area contributed by atoms with E-state index in [-0.39, 0.29) is 34.7 Å². The molecule has 0 radical (unpaired) electrons. The Labute approximate surface area is 206 Å². The van der Waals surface area contributed by atoms with Crippen LogP contribution in [0, 0.1) is 15.9 Å². The van der Waals surface area contributed by atoms with Gasteiger partial charge in [-0.05, 0) is 43.4 Å². The number of non-ortho nitro benzene ring substituents is 1. The first kappa shape index (κ1) is 27.6. The highest BCUT2D eigenvalue weighted by Gasteiger charge is 2.27. The number of rotatable bonds is 10. The standard InChI is InChI=1S/C21H23FN4O5S2.ClH/c1-3-24(4-2)11-12-25(20(27)14-33(30,31)17-8-5-15(22)6-9-17)21-23-18-10-7-16(26(28)29)13-19(18)32-21;/h5-10,13H,3-4,11-12,14H2,1-2H3;1H. The zero-order chi connectivity index (χ0) is 24.2. The number of hydrogen-bond donors (Lipinski definition) is 0. The Morgan fingerprint density at radius 2 is 1.76 bits per heavy atom. The molecule has 0 saturated carbocycles. The Balaban J connectivity index is 0.00000408. The van der Waals surface area contributed by atoms with E-state index in [2.05, 4.69) is 9.88 Å². The first-order valence-corrected chi connectivity index (χ1v) is 12.7. The van der Waals surface area contributed by atoms with Gasteiger partial charge in [-0.15, -0.1) is 12.4 Å². The van der Waals surface area contributed by atoms with Crippen LogP contribution in [0.2, 0.25) is 0 Å². The van der Waals surface area contributed by atoms with Crippen molar-refractivity contribution >= 4 is 60.5 Å². The van der Waals surface area contributed by atoms with E-state index in [0.29, 0.717) is 16.8 Å². The molecule has 3 aromatic rings. The number of carbonyl (C=O) groups excluding carboxylic acids is 1. The van der Waals surface area contributed by atoms with Crippen LogP contribution < -0.4 is 4.90 Å². The smallest absolute Gasteiger partial charge is 0.270 e. The van der Waals surface area contributed by atoms with Crippen LogP contribution >= 0.6 is 23.7 Å². The predicted octanol–water partition coefficient (Wildman–Crippen LogP) is 3.91. The van der Waals surface area contributed by atoms with Crippen molar-refractivity contribution in [3.8, 4) is 0 Å². The molecule has 0 aliphatic heterocycles. The minimum Gasteiger partial charge on any atom is -0.302 e. The summed E-state index contributed by atoms with van der Waals surface area (Å²) in [4.78, 5) is 31.4. The van der Waals surface area contributed by atoms with E-state index in [0.717, 1.165) is 48.7 Å². The molecular weight excluding hydrogens is 507 g/mol. The lowest BCUT2D eigenvalue weighted by molar-refractivity contribution is -0.384. The molecule has 2 aromatic carbocycles. The number of nitrogens with zero attached hydrogens (tertiary/aromatic N) is 4. The average Bonchev–Trinajstić information content (AvgIpc) is 3.19. The molecule has 1 heterocycles. The number of carbonyl (C=O) groups is 1. The number of aromatic nitrogens is 1. The Hall–Kier alpha value is -2.67. The second-order valence-electron chi connectivity index (χ2n) is 7.19. The molecule has 0 N–H and O–H groups in total. The maximum Gasteiger partial charge on any atom is 0.270 e. The molecule has 0 bridgehead atoms. The van der Waals surface area contributed by atoms with Crippen LogP contribution in [0.5, 0.6) is 0 Å². The zero-order valence-electron chi connectivity index (χ0n) is 18.5. The number of nitro groups is 1. The number of benzene rings is 2. The van der Waals surface area contributed by atoms with Gasteiger partial charge in [0, 0.05) is 25.2 Å². The van der Waals surface area contributed by atoms with Crippen molar-refractivity contribution in [2.45, 2.75) is 18.7 Å². The van der Waals surface area contributed by atoms with Crippen molar-refractivity contribution in [1.82, 2.24) is 9.88 Å². The van der Waals surface area contributed by atoms with Gasteiger partial charge in [0.1, 0.15) is 11.6 Å². The van der Waals surface area contributed by atoms with Crippen LogP contribution in [0.3, 0.4) is 0 Å². The molecule has 3 rings (SSSR count). The minimum absolute atomic E-state index is 0. The lowest BCUT2D eigenvalue weighted by Crippen LogP contribution is -2.41. The molecule has 1 aromatic heterocycles. The van der Waals surface area contributed by atoms with Crippen LogP contribution in [0.4, 0.5) is 15.2 Å². The largest absolute Gasteiger partial charge is 0.302 e. The highest BCUT2D eigenvalue weighted by atomic mass is 35.5. The Morgan fingerprint density at radius 1 is 1.12 bits per heavy atom. The highest BCUT2D eigenvalue weighted by molar-refractivity contribution is 7.92. The number of amides is 1. The highest BCUT2D eigenvalue weighted by Crippen LogP contribution is 2.31. The third-order valence-corrected chi connectivity index (χ3v) is 7.78. The number of nitro benzene ring substituents is 1. The van der Waals surface area contributed by atoms with Gasteiger partial charge >= 0.3 is 0 Å². The summed E-state index contributed by atoms with van der Waals surface area (Å²) in [6.07, 6.45) is 0. The number of thiazole rings is 1. The monoisotopic (exact) mass is 530 g/mol. The summed E-state index contributed by atoms with van der Waals surface area (Å²) in [7, 11) is -4.01. The fourth-order valence-corrected chi connectivity index (χ4v) is 5.44. The second kappa shape index (κ2) is 11.6. The van der Waals surface area contributed by atoms with Gasteiger partial charge in [0.15, 0.2) is 15.0 Å². The van der Waals surface area contributed by atoms with Gasteiger partial charge in [0.2, 0.25) is 5.91 Å². The average molecular weight is 531 g/mol. The third kappa shape index (κ3) is 6.47. The van der Waals surface area contributed by atoms with Crippen molar-refractivity contribution in [1.29, 1.82) is 0 Å². The molecule has 0 aliphatic rings. The quantitative estimate of drug-likeness (QED) is 0.222. The summed E-state index contributed by atoms with van der Waals surface area (Å²) in [5.74, 6) is -2.07. The van der Waals surface area contributed by atoms with Crippen molar-refractivity contribution in [2.24, 2.45) is 0 Å². The van der Waals surface area contributed by atoms with E-state index >= 15 is 0 Å². The van der Waals surface area contributed by atoms with Crippen LogP contribution in [-0.4, -0.2) is 61.1 Å². The predicted molar refractivity (Wildman–Crippen MR) is 132 cm³/mol. The topological polar surface area (TPSA) is 114 Å². The van der Waals surface area contributed by atoms with E-state index in [1.54, 1.807) is 0 Å². The fourth-order valence-electron chi connectivity index (χ4n) is 3.20. The summed E-state index contributed by atoms with van der Waals surface area (Å²) >= 11 is 1.08. The van der Waals surface area contributed by atoms with Gasteiger partial charge < -0.3 is 4.90 Å². The summed E-state index contributed by atoms with van der Waals surface area (Å²) in [6, 6.07) is 8.48. The van der Waals surface area contributed by atoms with Crippen molar-refractivity contribution < 1.29 is 22.5 Å². The molecule has 13 heteroatoms. The number of likely N-dealkylation sites (N-methyl/N-ethyl adjacent to an activating group) is 1. The van der Waals surface area contributed by atoms with E-state index in [9.17, 15) is 27.7 Å². The van der Waals surface area contributed by atoms with E-state index < -0.39 is 32.2 Å². The molecular formula is C21H24ClFN4O5S2. The van der Waals surface area contributed by atoms with Gasteiger partial charge in [0.25, 0.3) is 5.69 Å². The molecule has 34 heavy (non-hydrogen) atoms. The van der Waals surface area contributed by atoms with Gasteiger partial charge in [-0.1, -0.05) is 25.2 Å². The van der Waals surface area contributed by atoms with Crippen molar-refractivity contribution in [3.05, 3.63) is 58.4 Å². The van der Waals surface area contributed by atoms with Crippen LogP contribution in [0.15, 0.2) is 47.4 Å². The second-order valence-corrected chi connectivity index (χ2v) is 10.2.